The number of benzene rings is 1. The molecule has 0 unspecified atom stereocenters. The van der Waals surface area contributed by atoms with Crippen LogP contribution in [0.2, 0.25) is 0 Å². The number of hydrogen-bond acceptors (Lipinski definition) is 5. The average molecular weight is 311 g/mol. The Hall–Kier alpha value is -2.57. The van der Waals surface area contributed by atoms with Crippen molar-refractivity contribution in [3.63, 3.8) is 0 Å². The second-order valence-electron chi connectivity index (χ2n) is 3.35. The first-order valence-electron chi connectivity index (χ1n) is 5.05. The zero-order chi connectivity index (χ0) is 16.2. The standard InChI is InChI=1S/C11H6F5NO4/c1-19-9(18)7-6(20-10(12)13)3-2-5(4-17)8(7)21-11(14,15)16/h2-3,10H,1H3. The summed E-state index contributed by atoms with van der Waals surface area (Å²) < 4.78 is 73.1. The van der Waals surface area contributed by atoms with Gasteiger partial charge in [-0.2, -0.15) is 14.0 Å². The van der Waals surface area contributed by atoms with Crippen LogP contribution in [0.4, 0.5) is 22.0 Å². The van der Waals surface area contributed by atoms with Gasteiger partial charge in [-0.05, 0) is 12.1 Å². The van der Waals surface area contributed by atoms with E-state index in [4.69, 9.17) is 5.26 Å². The number of carbonyl (C=O) groups excluding carboxylic acids is 1. The second kappa shape index (κ2) is 6.25. The summed E-state index contributed by atoms with van der Waals surface area (Å²) in [5.74, 6) is -3.60. The molecule has 0 aliphatic rings. The summed E-state index contributed by atoms with van der Waals surface area (Å²) >= 11 is 0. The minimum Gasteiger partial charge on any atom is -0.465 e. The van der Waals surface area contributed by atoms with Crippen LogP contribution in [0.15, 0.2) is 12.1 Å². The van der Waals surface area contributed by atoms with E-state index >= 15 is 0 Å². The van der Waals surface area contributed by atoms with Gasteiger partial charge in [0.05, 0.1) is 12.7 Å². The third-order valence-electron chi connectivity index (χ3n) is 2.06. The van der Waals surface area contributed by atoms with Crippen molar-refractivity contribution in [2.24, 2.45) is 0 Å². The fraction of sp³-hybridized carbons (Fsp3) is 0.273. The molecule has 0 amide bonds. The number of carbonyl (C=O) groups is 1. The van der Waals surface area contributed by atoms with E-state index < -0.39 is 41.6 Å². The largest absolute Gasteiger partial charge is 0.573 e. The minimum atomic E-state index is -5.25. The number of esters is 1. The van der Waals surface area contributed by atoms with Gasteiger partial charge in [0.2, 0.25) is 0 Å². The number of ether oxygens (including phenoxy) is 3. The van der Waals surface area contributed by atoms with E-state index in [1.54, 1.807) is 0 Å². The van der Waals surface area contributed by atoms with Crippen molar-refractivity contribution in [3.05, 3.63) is 23.3 Å². The molecule has 1 rings (SSSR count). The maximum absolute atomic E-state index is 12.3. The number of halogens is 5. The molecule has 114 valence electrons. The monoisotopic (exact) mass is 311 g/mol. The molecule has 0 aromatic heterocycles. The van der Waals surface area contributed by atoms with Crippen LogP contribution in [0.3, 0.4) is 0 Å². The predicted octanol–water partition coefficient (Wildman–Crippen LogP) is 2.84. The molecule has 5 nitrogen and oxygen atoms in total. The van der Waals surface area contributed by atoms with E-state index in [9.17, 15) is 26.7 Å². The predicted molar refractivity (Wildman–Crippen MR) is 55.8 cm³/mol. The molecule has 21 heavy (non-hydrogen) atoms. The average Bonchev–Trinajstić information content (AvgIpc) is 2.36. The van der Waals surface area contributed by atoms with Crippen molar-refractivity contribution in [1.82, 2.24) is 0 Å². The molecule has 0 heterocycles. The lowest BCUT2D eigenvalue weighted by molar-refractivity contribution is -0.274. The molecule has 0 aliphatic heterocycles. The maximum Gasteiger partial charge on any atom is 0.573 e. The van der Waals surface area contributed by atoms with Gasteiger partial charge in [0.1, 0.15) is 17.4 Å². The molecule has 0 atom stereocenters. The van der Waals surface area contributed by atoms with Crippen LogP contribution < -0.4 is 9.47 Å². The summed E-state index contributed by atoms with van der Waals surface area (Å²) in [4.78, 5) is 11.5. The number of rotatable bonds is 4. The smallest absolute Gasteiger partial charge is 0.465 e. The maximum atomic E-state index is 12.3. The highest BCUT2D eigenvalue weighted by Crippen LogP contribution is 2.36. The number of nitrogens with zero attached hydrogens (tertiary/aromatic N) is 1. The number of hydrogen-bond donors (Lipinski definition) is 0. The molecule has 1 aromatic rings. The lowest BCUT2D eigenvalue weighted by Crippen LogP contribution is -2.21. The summed E-state index contributed by atoms with van der Waals surface area (Å²) in [7, 11) is 0.810. The highest BCUT2D eigenvalue weighted by molar-refractivity contribution is 5.96. The highest BCUT2D eigenvalue weighted by atomic mass is 19.4. The Labute approximate surface area is 114 Å². The van der Waals surface area contributed by atoms with Gasteiger partial charge in [0, 0.05) is 0 Å². The van der Waals surface area contributed by atoms with Gasteiger partial charge in [-0.1, -0.05) is 0 Å². The fourth-order valence-corrected chi connectivity index (χ4v) is 1.36. The van der Waals surface area contributed by atoms with Crippen molar-refractivity contribution >= 4 is 5.97 Å². The third kappa shape index (κ3) is 4.20. The molecule has 0 radical (unpaired) electrons. The third-order valence-corrected chi connectivity index (χ3v) is 2.06. The van der Waals surface area contributed by atoms with Gasteiger partial charge in [0.25, 0.3) is 0 Å². The minimum absolute atomic E-state index is 0.700. The van der Waals surface area contributed by atoms with Crippen LogP contribution in [0.5, 0.6) is 11.5 Å². The SMILES string of the molecule is COC(=O)c1c(OC(F)F)ccc(C#N)c1OC(F)(F)F. The Morgan fingerprint density at radius 2 is 1.95 bits per heavy atom. The lowest BCUT2D eigenvalue weighted by atomic mass is 10.1. The van der Waals surface area contributed by atoms with Crippen LogP contribution in [-0.2, 0) is 4.74 Å². The molecule has 0 saturated heterocycles. The van der Waals surface area contributed by atoms with E-state index in [0.29, 0.717) is 0 Å². The summed E-state index contributed by atoms with van der Waals surface area (Å²) in [5, 5.41) is 8.73. The molecule has 0 saturated carbocycles. The second-order valence-corrected chi connectivity index (χ2v) is 3.35. The molecular weight excluding hydrogens is 305 g/mol. The summed E-state index contributed by atoms with van der Waals surface area (Å²) in [5.41, 5.74) is -1.76. The summed E-state index contributed by atoms with van der Waals surface area (Å²) in [6.45, 7) is -3.40. The van der Waals surface area contributed by atoms with Crippen molar-refractivity contribution in [2.75, 3.05) is 7.11 Å². The number of nitriles is 1. The van der Waals surface area contributed by atoms with Crippen LogP contribution in [0.1, 0.15) is 15.9 Å². The summed E-state index contributed by atoms with van der Waals surface area (Å²) in [6, 6.07) is 2.82. The van der Waals surface area contributed by atoms with E-state index in [0.717, 1.165) is 19.2 Å². The Morgan fingerprint density at radius 3 is 2.38 bits per heavy atom. The van der Waals surface area contributed by atoms with Crippen LogP contribution in [-0.4, -0.2) is 26.1 Å². The fourth-order valence-electron chi connectivity index (χ4n) is 1.36. The molecule has 10 heteroatoms. The first-order chi connectivity index (χ1) is 9.69. The van der Waals surface area contributed by atoms with Crippen LogP contribution >= 0.6 is 0 Å². The Bertz CT molecular complexity index is 579. The van der Waals surface area contributed by atoms with Gasteiger partial charge < -0.3 is 14.2 Å². The van der Waals surface area contributed by atoms with E-state index in [2.05, 4.69) is 14.2 Å². The Morgan fingerprint density at radius 1 is 1.33 bits per heavy atom. The van der Waals surface area contributed by atoms with Crippen LogP contribution in [0.25, 0.3) is 0 Å². The molecule has 0 fully saturated rings. The van der Waals surface area contributed by atoms with Crippen molar-refractivity contribution in [1.29, 1.82) is 5.26 Å². The van der Waals surface area contributed by atoms with Crippen molar-refractivity contribution in [3.8, 4) is 17.6 Å². The van der Waals surface area contributed by atoms with E-state index in [-0.39, 0.29) is 0 Å². The van der Waals surface area contributed by atoms with Gasteiger partial charge in [0.15, 0.2) is 5.75 Å². The zero-order valence-electron chi connectivity index (χ0n) is 10.2. The Kier molecular flexibility index (Phi) is 4.91. The normalized spacial score (nSPS) is 11.0. The number of methoxy groups -OCH3 is 1. The molecule has 0 spiro atoms. The molecule has 0 bridgehead atoms. The first kappa shape index (κ1) is 16.5. The molecule has 1 aromatic carbocycles. The zero-order valence-corrected chi connectivity index (χ0v) is 10.2. The lowest BCUT2D eigenvalue weighted by Gasteiger charge is -2.16. The molecular formula is C11H6F5NO4. The Balaban J connectivity index is 3.54. The van der Waals surface area contributed by atoms with Crippen molar-refractivity contribution < 1.29 is 41.0 Å². The van der Waals surface area contributed by atoms with Gasteiger partial charge in [-0.3, -0.25) is 0 Å². The summed E-state index contributed by atoms with van der Waals surface area (Å²) in [6.07, 6.45) is -5.25. The topological polar surface area (TPSA) is 68.5 Å². The first-order valence-corrected chi connectivity index (χ1v) is 5.05. The van der Waals surface area contributed by atoms with Gasteiger partial charge in [-0.25, -0.2) is 4.79 Å². The van der Waals surface area contributed by atoms with Gasteiger partial charge >= 0.3 is 18.9 Å². The number of alkyl halides is 5. The van der Waals surface area contributed by atoms with Crippen molar-refractivity contribution in [2.45, 2.75) is 13.0 Å². The van der Waals surface area contributed by atoms with Crippen LogP contribution in [0, 0.1) is 11.3 Å². The van der Waals surface area contributed by atoms with E-state index in [1.807, 2.05) is 0 Å². The van der Waals surface area contributed by atoms with E-state index in [1.165, 1.54) is 6.07 Å². The van der Waals surface area contributed by atoms with Gasteiger partial charge in [-0.15, -0.1) is 13.2 Å². The molecule has 0 aliphatic carbocycles. The quantitative estimate of drug-likeness (QED) is 0.632. The molecule has 0 N–H and O–H groups in total. The highest BCUT2D eigenvalue weighted by Gasteiger charge is 2.36.